The maximum absolute atomic E-state index is 5.47. The third-order valence-corrected chi connectivity index (χ3v) is 3.90. The molecule has 0 radical (unpaired) electrons. The molecule has 2 fully saturated rings. The molecule has 1 aliphatic heterocycles. The smallest absolute Gasteiger partial charge is 0.225 e. The molecule has 1 saturated carbocycles. The zero-order valence-corrected chi connectivity index (χ0v) is 11.8. The SMILES string of the molecule is S=C(NC1CC1)N1CCCN(c2ncccn2)CC1. The van der Waals surface area contributed by atoms with Crippen LogP contribution in [0.2, 0.25) is 0 Å². The van der Waals surface area contributed by atoms with Gasteiger partial charge in [-0.2, -0.15) is 0 Å². The van der Waals surface area contributed by atoms with Gasteiger partial charge in [0.05, 0.1) is 0 Å². The molecular formula is C13H19N5S. The first-order valence-corrected chi connectivity index (χ1v) is 7.31. The Morgan fingerprint density at radius 1 is 1.16 bits per heavy atom. The molecule has 19 heavy (non-hydrogen) atoms. The van der Waals surface area contributed by atoms with Gasteiger partial charge in [0, 0.05) is 44.6 Å². The van der Waals surface area contributed by atoms with E-state index in [0.717, 1.165) is 43.7 Å². The fourth-order valence-corrected chi connectivity index (χ4v) is 2.62. The van der Waals surface area contributed by atoms with Crippen LogP contribution in [0.5, 0.6) is 0 Å². The summed E-state index contributed by atoms with van der Waals surface area (Å²) in [6.07, 6.45) is 7.20. The lowest BCUT2D eigenvalue weighted by atomic mass is 10.4. The van der Waals surface area contributed by atoms with Crippen molar-refractivity contribution in [3.8, 4) is 0 Å². The molecule has 1 saturated heterocycles. The minimum Gasteiger partial charge on any atom is -0.360 e. The van der Waals surface area contributed by atoms with Gasteiger partial charge in [-0.1, -0.05) is 0 Å². The first-order chi connectivity index (χ1) is 9.33. The van der Waals surface area contributed by atoms with Gasteiger partial charge in [-0.25, -0.2) is 9.97 Å². The highest BCUT2D eigenvalue weighted by Crippen LogP contribution is 2.19. The lowest BCUT2D eigenvalue weighted by Crippen LogP contribution is -2.42. The van der Waals surface area contributed by atoms with Crippen molar-refractivity contribution < 1.29 is 0 Å². The van der Waals surface area contributed by atoms with Crippen LogP contribution >= 0.6 is 12.2 Å². The minimum absolute atomic E-state index is 0.629. The molecule has 0 unspecified atom stereocenters. The zero-order valence-electron chi connectivity index (χ0n) is 11.0. The fourth-order valence-electron chi connectivity index (χ4n) is 2.27. The summed E-state index contributed by atoms with van der Waals surface area (Å²) in [5.41, 5.74) is 0. The highest BCUT2D eigenvalue weighted by atomic mass is 32.1. The Labute approximate surface area is 119 Å². The molecule has 102 valence electrons. The number of anilines is 1. The first kappa shape index (κ1) is 12.6. The normalized spacial score (nSPS) is 20.0. The molecule has 1 aliphatic carbocycles. The molecular weight excluding hydrogens is 258 g/mol. The third-order valence-electron chi connectivity index (χ3n) is 3.52. The summed E-state index contributed by atoms with van der Waals surface area (Å²) in [5, 5.41) is 4.33. The molecule has 0 bridgehead atoms. The second kappa shape index (κ2) is 5.69. The topological polar surface area (TPSA) is 44.3 Å². The summed E-state index contributed by atoms with van der Waals surface area (Å²) < 4.78 is 0. The Morgan fingerprint density at radius 3 is 2.68 bits per heavy atom. The average molecular weight is 277 g/mol. The van der Waals surface area contributed by atoms with Gasteiger partial charge in [0.2, 0.25) is 5.95 Å². The molecule has 6 heteroatoms. The van der Waals surface area contributed by atoms with E-state index in [1.165, 1.54) is 12.8 Å². The van der Waals surface area contributed by atoms with Crippen LogP contribution in [0.4, 0.5) is 5.95 Å². The highest BCUT2D eigenvalue weighted by molar-refractivity contribution is 7.80. The molecule has 0 atom stereocenters. The van der Waals surface area contributed by atoms with E-state index in [4.69, 9.17) is 12.2 Å². The molecule has 2 aliphatic rings. The Morgan fingerprint density at radius 2 is 1.95 bits per heavy atom. The van der Waals surface area contributed by atoms with Gasteiger partial charge in [0.15, 0.2) is 5.11 Å². The number of rotatable bonds is 2. The summed E-state index contributed by atoms with van der Waals surface area (Å²) in [7, 11) is 0. The standard InChI is InChI=1S/C13H19N5S/c19-13(16-11-3-4-11)18-8-2-7-17(9-10-18)12-14-5-1-6-15-12/h1,5-6,11H,2-4,7-10H2,(H,16,19). The molecule has 0 aromatic carbocycles. The summed E-state index contributed by atoms with van der Waals surface area (Å²) >= 11 is 5.47. The van der Waals surface area contributed by atoms with Crippen LogP contribution in [0.15, 0.2) is 18.5 Å². The Balaban J connectivity index is 1.57. The molecule has 1 aromatic heterocycles. The largest absolute Gasteiger partial charge is 0.360 e. The predicted octanol–water partition coefficient (Wildman–Crippen LogP) is 1.03. The summed E-state index contributed by atoms with van der Waals surface area (Å²) in [6, 6.07) is 2.48. The van der Waals surface area contributed by atoms with E-state index < -0.39 is 0 Å². The second-order valence-corrected chi connectivity index (χ2v) is 5.49. The lowest BCUT2D eigenvalue weighted by molar-refractivity contribution is 0.439. The van der Waals surface area contributed by atoms with Crippen LogP contribution in [0.3, 0.4) is 0 Å². The van der Waals surface area contributed by atoms with Crippen LogP contribution in [-0.4, -0.2) is 52.2 Å². The Bertz CT molecular complexity index is 434. The predicted molar refractivity (Wildman–Crippen MR) is 79.2 cm³/mol. The van der Waals surface area contributed by atoms with E-state index in [2.05, 4.69) is 25.1 Å². The summed E-state index contributed by atoms with van der Waals surface area (Å²) in [6.45, 7) is 3.88. The lowest BCUT2D eigenvalue weighted by Gasteiger charge is -2.24. The van der Waals surface area contributed by atoms with Crippen molar-refractivity contribution in [2.24, 2.45) is 0 Å². The number of hydrogen-bond acceptors (Lipinski definition) is 4. The van der Waals surface area contributed by atoms with Crippen LogP contribution in [0.25, 0.3) is 0 Å². The quantitative estimate of drug-likeness (QED) is 0.815. The van der Waals surface area contributed by atoms with E-state index in [9.17, 15) is 0 Å². The van der Waals surface area contributed by atoms with Gasteiger partial charge in [0.25, 0.3) is 0 Å². The van der Waals surface area contributed by atoms with E-state index in [1.54, 1.807) is 12.4 Å². The molecule has 2 heterocycles. The molecule has 0 amide bonds. The maximum Gasteiger partial charge on any atom is 0.225 e. The van der Waals surface area contributed by atoms with Gasteiger partial charge < -0.3 is 15.1 Å². The number of nitrogens with one attached hydrogen (secondary N) is 1. The number of nitrogens with zero attached hydrogens (tertiary/aromatic N) is 4. The zero-order chi connectivity index (χ0) is 13.1. The molecule has 1 N–H and O–H groups in total. The van der Waals surface area contributed by atoms with Crippen molar-refractivity contribution in [1.29, 1.82) is 0 Å². The van der Waals surface area contributed by atoms with Crippen LogP contribution in [0.1, 0.15) is 19.3 Å². The van der Waals surface area contributed by atoms with Crippen molar-refractivity contribution in [2.45, 2.75) is 25.3 Å². The number of aromatic nitrogens is 2. The number of hydrogen-bond donors (Lipinski definition) is 1. The molecule has 3 rings (SSSR count). The number of thiocarbonyl (C=S) groups is 1. The third kappa shape index (κ3) is 3.32. The van der Waals surface area contributed by atoms with Gasteiger partial charge in [-0.15, -0.1) is 0 Å². The van der Waals surface area contributed by atoms with E-state index >= 15 is 0 Å². The van der Waals surface area contributed by atoms with E-state index in [-0.39, 0.29) is 0 Å². The highest BCUT2D eigenvalue weighted by Gasteiger charge is 2.25. The van der Waals surface area contributed by atoms with Crippen molar-refractivity contribution in [3.63, 3.8) is 0 Å². The Kier molecular flexibility index (Phi) is 3.77. The second-order valence-electron chi connectivity index (χ2n) is 5.10. The average Bonchev–Trinajstić information content (AvgIpc) is 3.25. The van der Waals surface area contributed by atoms with Gasteiger partial charge in [-0.3, -0.25) is 0 Å². The van der Waals surface area contributed by atoms with E-state index in [0.29, 0.717) is 6.04 Å². The van der Waals surface area contributed by atoms with E-state index in [1.807, 2.05) is 6.07 Å². The fraction of sp³-hybridized carbons (Fsp3) is 0.615. The van der Waals surface area contributed by atoms with Crippen LogP contribution in [-0.2, 0) is 0 Å². The maximum atomic E-state index is 5.47. The summed E-state index contributed by atoms with van der Waals surface area (Å²) in [4.78, 5) is 13.2. The molecule has 5 nitrogen and oxygen atoms in total. The van der Waals surface area contributed by atoms with Crippen molar-refractivity contribution >= 4 is 23.3 Å². The Hall–Kier alpha value is -1.43. The monoisotopic (exact) mass is 277 g/mol. The molecule has 0 spiro atoms. The van der Waals surface area contributed by atoms with Crippen molar-refractivity contribution in [2.75, 3.05) is 31.1 Å². The first-order valence-electron chi connectivity index (χ1n) is 6.90. The van der Waals surface area contributed by atoms with Crippen LogP contribution < -0.4 is 10.2 Å². The van der Waals surface area contributed by atoms with Crippen LogP contribution in [0, 0.1) is 0 Å². The minimum atomic E-state index is 0.629. The van der Waals surface area contributed by atoms with Crippen molar-refractivity contribution in [1.82, 2.24) is 20.2 Å². The molecule has 1 aromatic rings. The van der Waals surface area contributed by atoms with Gasteiger partial charge in [0.1, 0.15) is 0 Å². The summed E-state index contributed by atoms with van der Waals surface area (Å²) in [5.74, 6) is 0.824. The van der Waals surface area contributed by atoms with Gasteiger partial charge >= 0.3 is 0 Å². The van der Waals surface area contributed by atoms with Gasteiger partial charge in [-0.05, 0) is 37.5 Å². The van der Waals surface area contributed by atoms with Crippen molar-refractivity contribution in [3.05, 3.63) is 18.5 Å².